The molecule has 0 unspecified atom stereocenters. The molecule has 0 aliphatic heterocycles. The zero-order valence-corrected chi connectivity index (χ0v) is 16.3. The van der Waals surface area contributed by atoms with E-state index >= 15 is 0 Å². The zero-order chi connectivity index (χ0) is 17.6. The summed E-state index contributed by atoms with van der Waals surface area (Å²) in [5.41, 5.74) is -0.814. The van der Waals surface area contributed by atoms with E-state index in [4.69, 9.17) is 4.55 Å². The summed E-state index contributed by atoms with van der Waals surface area (Å²) in [6, 6.07) is 0. The summed E-state index contributed by atoms with van der Waals surface area (Å²) in [5.74, 6) is 0. The van der Waals surface area contributed by atoms with Gasteiger partial charge in [0.15, 0.2) is 0 Å². The Labute approximate surface area is 144 Å². The molecule has 0 aromatic heterocycles. The van der Waals surface area contributed by atoms with Crippen LogP contribution in [0.2, 0.25) is 0 Å². The van der Waals surface area contributed by atoms with E-state index in [2.05, 4.69) is 11.1 Å². The Balaban J connectivity index is 3.33. The SMILES string of the molecule is CCCCCCCCCCCCCCCC(C)(C)OS(=O)(=O)O. The maximum absolute atomic E-state index is 10.7. The van der Waals surface area contributed by atoms with Gasteiger partial charge in [0.05, 0.1) is 5.60 Å². The highest BCUT2D eigenvalue weighted by atomic mass is 32.3. The van der Waals surface area contributed by atoms with Crippen LogP contribution in [-0.2, 0) is 14.6 Å². The van der Waals surface area contributed by atoms with Gasteiger partial charge in [0, 0.05) is 0 Å². The highest BCUT2D eigenvalue weighted by molar-refractivity contribution is 7.80. The molecule has 0 fully saturated rings. The minimum Gasteiger partial charge on any atom is -0.264 e. The van der Waals surface area contributed by atoms with Crippen molar-refractivity contribution in [3.05, 3.63) is 0 Å². The van der Waals surface area contributed by atoms with Gasteiger partial charge >= 0.3 is 10.4 Å². The van der Waals surface area contributed by atoms with Gasteiger partial charge in [-0.05, 0) is 20.3 Å². The van der Waals surface area contributed by atoms with E-state index in [-0.39, 0.29) is 0 Å². The molecular formula is C18H38O4S. The second-order valence-corrected chi connectivity index (χ2v) is 8.29. The Bertz CT molecular complexity index is 363. The van der Waals surface area contributed by atoms with Gasteiger partial charge in [-0.3, -0.25) is 4.55 Å². The molecule has 0 heterocycles. The topological polar surface area (TPSA) is 63.6 Å². The standard InChI is InChI=1S/C18H38O4S/c1-4-5-6-7-8-9-10-11-12-13-14-15-16-17-18(2,3)22-23(19,20)21/h4-17H2,1-3H3,(H,19,20,21). The van der Waals surface area contributed by atoms with Crippen molar-refractivity contribution < 1.29 is 17.2 Å². The number of hydrogen-bond donors (Lipinski definition) is 1. The number of unbranched alkanes of at least 4 members (excludes halogenated alkanes) is 12. The average Bonchev–Trinajstić information content (AvgIpc) is 2.41. The van der Waals surface area contributed by atoms with E-state index in [0.717, 1.165) is 12.8 Å². The first-order valence-electron chi connectivity index (χ1n) is 9.45. The second-order valence-electron chi connectivity index (χ2n) is 7.26. The quantitative estimate of drug-likeness (QED) is 0.271. The lowest BCUT2D eigenvalue weighted by Crippen LogP contribution is -2.27. The first kappa shape index (κ1) is 22.9. The molecule has 0 atom stereocenters. The summed E-state index contributed by atoms with van der Waals surface area (Å²) in [6.07, 6.45) is 17.4. The Hall–Kier alpha value is -0.130. The molecule has 0 radical (unpaired) electrons. The summed E-state index contributed by atoms with van der Waals surface area (Å²) in [6.45, 7) is 5.64. The Morgan fingerprint density at radius 2 is 1.09 bits per heavy atom. The minimum absolute atomic E-state index is 0.643. The van der Waals surface area contributed by atoms with Gasteiger partial charge in [0.25, 0.3) is 0 Å². The van der Waals surface area contributed by atoms with Crippen LogP contribution in [0, 0.1) is 0 Å². The van der Waals surface area contributed by atoms with Crippen LogP contribution in [0.3, 0.4) is 0 Å². The van der Waals surface area contributed by atoms with Gasteiger partial charge < -0.3 is 0 Å². The van der Waals surface area contributed by atoms with Crippen LogP contribution in [0.1, 0.15) is 111 Å². The maximum Gasteiger partial charge on any atom is 0.397 e. The minimum atomic E-state index is -4.35. The molecule has 140 valence electrons. The summed E-state index contributed by atoms with van der Waals surface area (Å²) in [5, 5.41) is 0. The predicted molar refractivity (Wildman–Crippen MR) is 97.0 cm³/mol. The molecule has 1 N–H and O–H groups in total. The van der Waals surface area contributed by atoms with Crippen molar-refractivity contribution in [1.82, 2.24) is 0 Å². The van der Waals surface area contributed by atoms with E-state index in [1.807, 2.05) is 0 Å². The average molecular weight is 351 g/mol. The van der Waals surface area contributed by atoms with Crippen molar-refractivity contribution in [3.8, 4) is 0 Å². The summed E-state index contributed by atoms with van der Waals surface area (Å²) in [4.78, 5) is 0. The van der Waals surface area contributed by atoms with Gasteiger partial charge in [0.2, 0.25) is 0 Å². The Morgan fingerprint density at radius 1 is 0.739 bits per heavy atom. The summed E-state index contributed by atoms with van der Waals surface area (Å²) >= 11 is 0. The van der Waals surface area contributed by atoms with Crippen LogP contribution in [-0.4, -0.2) is 18.6 Å². The molecule has 23 heavy (non-hydrogen) atoms. The number of rotatable bonds is 16. The molecule has 5 heteroatoms. The van der Waals surface area contributed by atoms with Crippen LogP contribution in [0.25, 0.3) is 0 Å². The first-order valence-corrected chi connectivity index (χ1v) is 10.8. The van der Waals surface area contributed by atoms with Crippen LogP contribution in [0.15, 0.2) is 0 Å². The van der Waals surface area contributed by atoms with Crippen molar-refractivity contribution in [1.29, 1.82) is 0 Å². The largest absolute Gasteiger partial charge is 0.397 e. The fraction of sp³-hybridized carbons (Fsp3) is 1.00. The molecule has 0 aromatic carbocycles. The van der Waals surface area contributed by atoms with Gasteiger partial charge in [-0.2, -0.15) is 8.42 Å². The van der Waals surface area contributed by atoms with Crippen LogP contribution >= 0.6 is 0 Å². The molecule has 0 aliphatic rings. The van der Waals surface area contributed by atoms with E-state index in [9.17, 15) is 8.42 Å². The van der Waals surface area contributed by atoms with Crippen molar-refractivity contribution in [2.24, 2.45) is 0 Å². The molecule has 0 saturated carbocycles. The molecule has 4 nitrogen and oxygen atoms in total. The van der Waals surface area contributed by atoms with Crippen LogP contribution < -0.4 is 0 Å². The van der Waals surface area contributed by atoms with Crippen molar-refractivity contribution in [2.75, 3.05) is 0 Å². The zero-order valence-electron chi connectivity index (χ0n) is 15.5. The summed E-state index contributed by atoms with van der Waals surface area (Å²) < 4.78 is 34.8. The lowest BCUT2D eigenvalue weighted by molar-refractivity contribution is 0.0876. The van der Waals surface area contributed by atoms with E-state index in [0.29, 0.717) is 6.42 Å². The molecule has 0 aromatic rings. The molecule has 0 spiro atoms. The van der Waals surface area contributed by atoms with E-state index in [1.165, 1.54) is 70.6 Å². The van der Waals surface area contributed by atoms with E-state index in [1.54, 1.807) is 13.8 Å². The van der Waals surface area contributed by atoms with Crippen molar-refractivity contribution in [3.63, 3.8) is 0 Å². The molecule has 0 bridgehead atoms. The molecular weight excluding hydrogens is 312 g/mol. The third kappa shape index (κ3) is 18.1. The normalized spacial score (nSPS) is 12.7. The molecule has 0 amide bonds. The molecule has 0 aliphatic carbocycles. The number of hydrogen-bond acceptors (Lipinski definition) is 3. The third-order valence-corrected chi connectivity index (χ3v) is 4.88. The first-order chi connectivity index (χ1) is 10.8. The van der Waals surface area contributed by atoms with Gasteiger partial charge in [-0.25, -0.2) is 4.18 Å². The Kier molecular flexibility index (Phi) is 13.1. The van der Waals surface area contributed by atoms with Gasteiger partial charge in [-0.15, -0.1) is 0 Å². The lowest BCUT2D eigenvalue weighted by atomic mass is 9.99. The van der Waals surface area contributed by atoms with Gasteiger partial charge in [0.1, 0.15) is 0 Å². The lowest BCUT2D eigenvalue weighted by Gasteiger charge is -2.22. The fourth-order valence-electron chi connectivity index (χ4n) is 2.90. The van der Waals surface area contributed by atoms with Crippen LogP contribution in [0.4, 0.5) is 0 Å². The third-order valence-electron chi connectivity index (χ3n) is 4.21. The smallest absolute Gasteiger partial charge is 0.264 e. The summed E-state index contributed by atoms with van der Waals surface area (Å²) in [7, 11) is -4.35. The Morgan fingerprint density at radius 3 is 1.43 bits per heavy atom. The molecule has 0 saturated heterocycles. The highest BCUT2D eigenvalue weighted by Gasteiger charge is 2.24. The monoisotopic (exact) mass is 350 g/mol. The highest BCUT2D eigenvalue weighted by Crippen LogP contribution is 2.21. The fourth-order valence-corrected chi connectivity index (χ4v) is 3.55. The second kappa shape index (κ2) is 13.2. The van der Waals surface area contributed by atoms with Crippen LogP contribution in [0.5, 0.6) is 0 Å². The molecule has 0 rings (SSSR count). The maximum atomic E-state index is 10.7. The van der Waals surface area contributed by atoms with Gasteiger partial charge in [-0.1, -0.05) is 90.4 Å². The van der Waals surface area contributed by atoms with Crippen molar-refractivity contribution in [2.45, 2.75) is 116 Å². The van der Waals surface area contributed by atoms with E-state index < -0.39 is 16.0 Å². The predicted octanol–water partition coefficient (Wildman–Crippen LogP) is 6.07. The van der Waals surface area contributed by atoms with Crippen molar-refractivity contribution >= 4 is 10.4 Å².